The molecule has 0 fully saturated rings. The van der Waals surface area contributed by atoms with Gasteiger partial charge in [0, 0.05) is 8.95 Å². The maximum absolute atomic E-state index is 10.5. The zero-order chi connectivity index (χ0) is 14.0. The van der Waals surface area contributed by atoms with Gasteiger partial charge in [0.05, 0.1) is 7.11 Å². The molecule has 0 heterocycles. The summed E-state index contributed by atoms with van der Waals surface area (Å²) in [6, 6.07) is 11.4. The topological polar surface area (TPSA) is 29.5 Å². The lowest BCUT2D eigenvalue weighted by atomic mass is 9.97. The summed E-state index contributed by atoms with van der Waals surface area (Å²) < 4.78 is 6.99. The Morgan fingerprint density at radius 1 is 1.05 bits per heavy atom. The van der Waals surface area contributed by atoms with Gasteiger partial charge in [0.2, 0.25) is 0 Å². The smallest absolute Gasteiger partial charge is 0.120 e. The van der Waals surface area contributed by atoms with Gasteiger partial charge in [-0.1, -0.05) is 50.1 Å². The van der Waals surface area contributed by atoms with Crippen LogP contribution in [0, 0.1) is 6.92 Å². The molecule has 19 heavy (non-hydrogen) atoms. The van der Waals surface area contributed by atoms with Crippen molar-refractivity contribution in [2.24, 2.45) is 0 Å². The van der Waals surface area contributed by atoms with Crippen LogP contribution in [0.1, 0.15) is 22.8 Å². The summed E-state index contributed by atoms with van der Waals surface area (Å²) >= 11 is 6.96. The molecule has 0 saturated carbocycles. The molecule has 1 unspecified atom stereocenters. The van der Waals surface area contributed by atoms with Crippen LogP contribution in [0.5, 0.6) is 5.75 Å². The number of aliphatic hydroxyl groups is 1. The van der Waals surface area contributed by atoms with Crippen LogP contribution < -0.4 is 4.74 Å². The van der Waals surface area contributed by atoms with Gasteiger partial charge in [0.15, 0.2) is 0 Å². The molecule has 1 N–H and O–H groups in total. The Morgan fingerprint density at radius 2 is 1.79 bits per heavy atom. The fourth-order valence-corrected chi connectivity index (χ4v) is 2.90. The van der Waals surface area contributed by atoms with Gasteiger partial charge in [-0.3, -0.25) is 0 Å². The lowest BCUT2D eigenvalue weighted by Gasteiger charge is -2.17. The Balaban J connectivity index is 2.44. The molecule has 100 valence electrons. The van der Waals surface area contributed by atoms with E-state index < -0.39 is 6.10 Å². The van der Waals surface area contributed by atoms with Gasteiger partial charge in [-0.15, -0.1) is 0 Å². The number of hydrogen-bond donors (Lipinski definition) is 1. The van der Waals surface area contributed by atoms with Crippen LogP contribution in [0.25, 0.3) is 0 Å². The van der Waals surface area contributed by atoms with Gasteiger partial charge in [0.1, 0.15) is 11.9 Å². The zero-order valence-corrected chi connectivity index (χ0v) is 13.8. The minimum Gasteiger partial charge on any atom is -0.497 e. The number of benzene rings is 2. The molecular formula is C15H14Br2O2. The van der Waals surface area contributed by atoms with Crippen LogP contribution >= 0.6 is 31.9 Å². The molecule has 0 aliphatic heterocycles. The second-order valence-corrected chi connectivity index (χ2v) is 5.95. The molecule has 2 aromatic carbocycles. The molecule has 0 spiro atoms. The van der Waals surface area contributed by atoms with Crippen LogP contribution in [-0.2, 0) is 0 Å². The number of hydrogen-bond acceptors (Lipinski definition) is 2. The van der Waals surface area contributed by atoms with E-state index in [1.54, 1.807) is 7.11 Å². The first-order valence-corrected chi connectivity index (χ1v) is 7.39. The predicted molar refractivity (Wildman–Crippen MR) is 83.6 cm³/mol. The van der Waals surface area contributed by atoms with E-state index in [4.69, 9.17) is 4.74 Å². The lowest BCUT2D eigenvalue weighted by Crippen LogP contribution is -2.03. The molecule has 0 aromatic heterocycles. The third-order valence-electron chi connectivity index (χ3n) is 3.11. The van der Waals surface area contributed by atoms with Gasteiger partial charge in [-0.25, -0.2) is 0 Å². The minimum absolute atomic E-state index is 0.669. The van der Waals surface area contributed by atoms with Crippen LogP contribution in [-0.4, -0.2) is 12.2 Å². The van der Waals surface area contributed by atoms with Crippen molar-refractivity contribution >= 4 is 31.9 Å². The minimum atomic E-state index is -0.669. The Labute approximate surface area is 129 Å². The highest BCUT2D eigenvalue weighted by atomic mass is 79.9. The van der Waals surface area contributed by atoms with Gasteiger partial charge in [0.25, 0.3) is 0 Å². The number of aliphatic hydroxyl groups excluding tert-OH is 1. The Bertz CT molecular complexity index is 597. The van der Waals surface area contributed by atoms with Crippen molar-refractivity contribution in [1.82, 2.24) is 0 Å². The van der Waals surface area contributed by atoms with Crippen molar-refractivity contribution in [3.63, 3.8) is 0 Å². The molecule has 2 rings (SSSR count). The van der Waals surface area contributed by atoms with E-state index >= 15 is 0 Å². The number of rotatable bonds is 3. The highest BCUT2D eigenvalue weighted by Gasteiger charge is 2.17. The second kappa shape index (κ2) is 6.07. The third kappa shape index (κ3) is 3.02. The van der Waals surface area contributed by atoms with Gasteiger partial charge in [-0.05, 0) is 41.8 Å². The maximum atomic E-state index is 10.5. The second-order valence-electron chi connectivity index (χ2n) is 4.24. The van der Waals surface area contributed by atoms with E-state index in [2.05, 4.69) is 31.9 Å². The Kier molecular flexibility index (Phi) is 4.66. The fraction of sp³-hybridized carbons (Fsp3) is 0.200. The van der Waals surface area contributed by atoms with Gasteiger partial charge >= 0.3 is 0 Å². The molecule has 0 bridgehead atoms. The molecular weight excluding hydrogens is 372 g/mol. The average molecular weight is 386 g/mol. The van der Waals surface area contributed by atoms with E-state index in [-0.39, 0.29) is 0 Å². The third-order valence-corrected chi connectivity index (χ3v) is 4.65. The van der Waals surface area contributed by atoms with Crippen LogP contribution in [0.3, 0.4) is 0 Å². The molecule has 0 radical (unpaired) electrons. The fourth-order valence-electron chi connectivity index (χ4n) is 1.94. The molecule has 0 saturated heterocycles. The van der Waals surface area contributed by atoms with Crippen LogP contribution in [0.4, 0.5) is 0 Å². The molecule has 2 aromatic rings. The standard InChI is InChI=1S/C15H14Br2O2/c1-9-11(4-3-5-13(9)16)15(18)12-7-6-10(19-2)8-14(12)17/h3-8,15,18H,1-2H3. The first-order valence-electron chi connectivity index (χ1n) is 5.81. The van der Waals surface area contributed by atoms with Crippen molar-refractivity contribution in [2.45, 2.75) is 13.0 Å². The first kappa shape index (κ1) is 14.6. The summed E-state index contributed by atoms with van der Waals surface area (Å²) in [5, 5.41) is 10.5. The van der Waals surface area contributed by atoms with E-state index in [9.17, 15) is 5.11 Å². The Morgan fingerprint density at radius 3 is 2.42 bits per heavy atom. The van der Waals surface area contributed by atoms with Crippen molar-refractivity contribution in [1.29, 1.82) is 0 Å². The van der Waals surface area contributed by atoms with Crippen molar-refractivity contribution in [3.8, 4) is 5.75 Å². The van der Waals surface area contributed by atoms with Gasteiger partial charge < -0.3 is 9.84 Å². The molecule has 4 heteroatoms. The summed E-state index contributed by atoms with van der Waals surface area (Å²) in [7, 11) is 1.62. The maximum Gasteiger partial charge on any atom is 0.120 e. The normalized spacial score (nSPS) is 12.3. The van der Waals surface area contributed by atoms with Crippen LogP contribution in [0.15, 0.2) is 45.3 Å². The molecule has 2 nitrogen and oxygen atoms in total. The lowest BCUT2D eigenvalue weighted by molar-refractivity contribution is 0.218. The summed E-state index contributed by atoms with van der Waals surface area (Å²) in [5.41, 5.74) is 2.75. The van der Waals surface area contributed by atoms with Crippen molar-refractivity contribution < 1.29 is 9.84 Å². The summed E-state index contributed by atoms with van der Waals surface area (Å²) in [6.07, 6.45) is -0.669. The van der Waals surface area contributed by atoms with E-state index in [0.29, 0.717) is 0 Å². The number of halogens is 2. The Hall–Kier alpha value is -0.840. The van der Waals surface area contributed by atoms with Crippen LogP contribution in [0.2, 0.25) is 0 Å². The highest BCUT2D eigenvalue weighted by molar-refractivity contribution is 9.10. The first-order chi connectivity index (χ1) is 9.04. The molecule has 0 aliphatic rings. The monoisotopic (exact) mass is 384 g/mol. The number of methoxy groups -OCH3 is 1. The van der Waals surface area contributed by atoms with Crippen molar-refractivity contribution in [3.05, 3.63) is 62.0 Å². The summed E-state index contributed by atoms with van der Waals surface area (Å²) in [4.78, 5) is 0. The predicted octanol–water partition coefficient (Wildman–Crippen LogP) is 4.61. The quantitative estimate of drug-likeness (QED) is 0.835. The van der Waals surface area contributed by atoms with E-state index in [1.807, 2.05) is 43.3 Å². The largest absolute Gasteiger partial charge is 0.497 e. The SMILES string of the molecule is COc1ccc(C(O)c2cccc(Br)c2C)c(Br)c1. The summed E-state index contributed by atoms with van der Waals surface area (Å²) in [6.45, 7) is 1.99. The summed E-state index contributed by atoms with van der Waals surface area (Å²) in [5.74, 6) is 0.758. The average Bonchev–Trinajstić information content (AvgIpc) is 2.41. The van der Waals surface area contributed by atoms with Gasteiger partial charge in [-0.2, -0.15) is 0 Å². The molecule has 0 aliphatic carbocycles. The van der Waals surface area contributed by atoms with E-state index in [1.165, 1.54) is 0 Å². The van der Waals surface area contributed by atoms with E-state index in [0.717, 1.165) is 31.4 Å². The molecule has 1 atom stereocenters. The number of ether oxygens (including phenoxy) is 1. The zero-order valence-electron chi connectivity index (χ0n) is 10.7. The van der Waals surface area contributed by atoms with Crippen molar-refractivity contribution in [2.75, 3.05) is 7.11 Å². The highest BCUT2D eigenvalue weighted by Crippen LogP contribution is 2.34. The molecule has 0 amide bonds.